The summed E-state index contributed by atoms with van der Waals surface area (Å²) >= 11 is 0. The van der Waals surface area contributed by atoms with Crippen molar-refractivity contribution in [3.05, 3.63) is 113 Å². The normalized spacial score (nSPS) is 17.0. The van der Waals surface area contributed by atoms with Crippen LogP contribution in [0.2, 0.25) is 0 Å². The third-order valence-corrected chi connectivity index (χ3v) is 8.69. The average Bonchev–Trinajstić information content (AvgIpc) is 3.35. The number of hydrogen-bond acceptors (Lipinski definition) is 8. The number of sulfone groups is 1. The molecule has 3 aromatic carbocycles. The standard InChI is InChI=1S/C33H29FN4O5S/c1-44(41,42)29-19-35-28(18-36-29)43-25-13-10-23(11-14-25)31(21-3-2-4-21)32(22-8-5-20(6-9-22)7-16-30(39)40)24-12-15-27-26(17-24)33(34)38-37-27/h5-19,21,33,37-38H,2-4H2,1H3,(H,39,40)/b16-7+,32-31+. The van der Waals surface area contributed by atoms with Crippen LogP contribution in [0.5, 0.6) is 11.6 Å². The molecule has 0 spiro atoms. The minimum Gasteiger partial charge on any atom is -0.478 e. The number of carbonyl (C=O) groups is 1. The number of aliphatic carboxylic acids is 1. The van der Waals surface area contributed by atoms with Crippen molar-refractivity contribution in [3.8, 4) is 11.6 Å². The third-order valence-electron chi connectivity index (χ3n) is 7.72. The summed E-state index contributed by atoms with van der Waals surface area (Å²) in [6.45, 7) is 0. The maximum atomic E-state index is 14.7. The molecule has 2 aliphatic rings. The van der Waals surface area contributed by atoms with Gasteiger partial charge in [-0.05, 0) is 82.5 Å². The molecule has 1 aliphatic heterocycles. The van der Waals surface area contributed by atoms with Gasteiger partial charge in [-0.25, -0.2) is 33.0 Å². The summed E-state index contributed by atoms with van der Waals surface area (Å²) in [4.78, 5) is 19.0. The number of hydrazine groups is 1. The van der Waals surface area contributed by atoms with E-state index in [0.29, 0.717) is 17.0 Å². The predicted octanol–water partition coefficient (Wildman–Crippen LogP) is 6.43. The van der Waals surface area contributed by atoms with Crippen LogP contribution in [0.25, 0.3) is 17.2 Å². The molecule has 6 rings (SSSR count). The molecule has 0 amide bonds. The highest BCUT2D eigenvalue weighted by atomic mass is 32.2. The number of nitrogens with zero attached hydrogens (tertiary/aromatic N) is 2. The quantitative estimate of drug-likeness (QED) is 0.111. The van der Waals surface area contributed by atoms with Gasteiger partial charge in [0.15, 0.2) is 21.2 Å². The maximum absolute atomic E-state index is 14.7. The van der Waals surface area contributed by atoms with Gasteiger partial charge < -0.3 is 15.3 Å². The summed E-state index contributed by atoms with van der Waals surface area (Å²) < 4.78 is 44.0. The van der Waals surface area contributed by atoms with Gasteiger partial charge in [0, 0.05) is 17.9 Å². The zero-order chi connectivity index (χ0) is 30.8. The molecule has 1 aliphatic carbocycles. The van der Waals surface area contributed by atoms with E-state index in [1.807, 2.05) is 66.7 Å². The van der Waals surface area contributed by atoms with Gasteiger partial charge in [-0.3, -0.25) is 0 Å². The van der Waals surface area contributed by atoms with Crippen LogP contribution in [0.3, 0.4) is 0 Å². The van der Waals surface area contributed by atoms with Crippen molar-refractivity contribution in [1.29, 1.82) is 0 Å². The van der Waals surface area contributed by atoms with Crippen LogP contribution in [-0.4, -0.2) is 35.7 Å². The topological polar surface area (TPSA) is 131 Å². The summed E-state index contributed by atoms with van der Waals surface area (Å²) in [5.74, 6) is -0.0650. The first-order valence-electron chi connectivity index (χ1n) is 14.0. The molecule has 1 saturated carbocycles. The number of halogens is 1. The van der Waals surface area contributed by atoms with Crippen molar-refractivity contribution in [1.82, 2.24) is 15.4 Å². The Kier molecular flexibility index (Phi) is 7.98. The first-order chi connectivity index (χ1) is 21.2. The first kappa shape index (κ1) is 29.2. The number of benzene rings is 3. The van der Waals surface area contributed by atoms with Gasteiger partial charge in [0.25, 0.3) is 0 Å². The van der Waals surface area contributed by atoms with Crippen molar-refractivity contribution in [2.75, 3.05) is 11.7 Å². The molecule has 0 radical (unpaired) electrons. The molecule has 9 nitrogen and oxygen atoms in total. The van der Waals surface area contributed by atoms with Crippen molar-refractivity contribution < 1.29 is 27.4 Å². The number of alkyl halides is 1. The predicted molar refractivity (Wildman–Crippen MR) is 165 cm³/mol. The molecule has 11 heteroatoms. The van der Waals surface area contributed by atoms with E-state index >= 15 is 0 Å². The van der Waals surface area contributed by atoms with Gasteiger partial charge in [-0.15, -0.1) is 0 Å². The van der Waals surface area contributed by atoms with E-state index < -0.39 is 22.1 Å². The lowest BCUT2D eigenvalue weighted by Gasteiger charge is -2.32. The van der Waals surface area contributed by atoms with Gasteiger partial charge >= 0.3 is 5.97 Å². The Balaban J connectivity index is 1.42. The van der Waals surface area contributed by atoms with Gasteiger partial charge in [0.05, 0.1) is 18.1 Å². The second-order valence-corrected chi connectivity index (χ2v) is 12.7. The summed E-state index contributed by atoms with van der Waals surface area (Å²) in [6, 6.07) is 21.0. The Morgan fingerprint density at radius 1 is 0.977 bits per heavy atom. The van der Waals surface area contributed by atoms with Gasteiger partial charge in [0.1, 0.15) is 5.75 Å². The highest BCUT2D eigenvalue weighted by Gasteiger charge is 2.29. The molecule has 2 heterocycles. The molecular weight excluding hydrogens is 583 g/mol. The van der Waals surface area contributed by atoms with Crippen LogP contribution in [0.4, 0.5) is 10.1 Å². The molecule has 1 unspecified atom stereocenters. The Morgan fingerprint density at radius 3 is 2.30 bits per heavy atom. The van der Waals surface area contributed by atoms with Crippen LogP contribution in [0.15, 0.2) is 90.2 Å². The molecular formula is C33H29FN4O5S. The first-order valence-corrected chi connectivity index (χ1v) is 15.9. The van der Waals surface area contributed by atoms with Crippen LogP contribution in [0, 0.1) is 5.92 Å². The van der Waals surface area contributed by atoms with Crippen molar-refractivity contribution in [3.63, 3.8) is 0 Å². The van der Waals surface area contributed by atoms with E-state index in [9.17, 15) is 17.6 Å². The fourth-order valence-electron chi connectivity index (χ4n) is 5.32. The van der Waals surface area contributed by atoms with Gasteiger partial charge in [-0.2, -0.15) is 0 Å². The lowest BCUT2D eigenvalue weighted by molar-refractivity contribution is -0.131. The maximum Gasteiger partial charge on any atom is 0.328 e. The van der Waals surface area contributed by atoms with E-state index in [1.165, 1.54) is 6.20 Å². The molecule has 44 heavy (non-hydrogen) atoms. The summed E-state index contributed by atoms with van der Waals surface area (Å²) in [6.07, 6.45) is 7.93. The van der Waals surface area contributed by atoms with E-state index in [2.05, 4.69) is 20.8 Å². The Hall–Kier alpha value is -4.87. The van der Waals surface area contributed by atoms with Gasteiger partial charge in [-0.1, -0.05) is 48.9 Å². The largest absolute Gasteiger partial charge is 0.478 e. The Labute approximate surface area is 254 Å². The van der Waals surface area contributed by atoms with E-state index in [1.54, 1.807) is 6.08 Å². The number of aromatic nitrogens is 2. The molecule has 1 fully saturated rings. The SMILES string of the molecule is CS(=O)(=O)c1cnc(Oc2ccc(/C(=C(\c3ccc(/C=C/C(=O)O)cc3)c3ccc4c(c3)C(F)NN4)C3CCC3)cc2)cn1. The van der Waals surface area contributed by atoms with E-state index in [4.69, 9.17) is 9.84 Å². The van der Waals surface area contributed by atoms with Gasteiger partial charge in [0.2, 0.25) is 5.88 Å². The zero-order valence-corrected chi connectivity index (χ0v) is 24.5. The number of ether oxygens (including phenoxy) is 1. The second-order valence-electron chi connectivity index (χ2n) is 10.7. The molecule has 1 aromatic heterocycles. The lowest BCUT2D eigenvalue weighted by Crippen LogP contribution is -2.15. The van der Waals surface area contributed by atoms with Crippen LogP contribution >= 0.6 is 0 Å². The molecule has 1 atom stereocenters. The van der Waals surface area contributed by atoms with E-state index in [-0.39, 0.29) is 16.8 Å². The number of rotatable bonds is 9. The van der Waals surface area contributed by atoms with Crippen molar-refractivity contribution >= 4 is 38.7 Å². The molecule has 4 aromatic rings. The van der Waals surface area contributed by atoms with Crippen LogP contribution in [-0.2, 0) is 14.6 Å². The number of carboxylic acid groups (broad SMARTS) is 1. The number of carboxylic acids is 1. The molecule has 0 saturated heterocycles. The number of anilines is 1. The summed E-state index contributed by atoms with van der Waals surface area (Å²) in [7, 11) is -3.47. The highest BCUT2D eigenvalue weighted by molar-refractivity contribution is 7.90. The molecule has 224 valence electrons. The Bertz CT molecular complexity index is 1870. The number of fused-ring (bicyclic) bond motifs is 1. The minimum atomic E-state index is -3.47. The van der Waals surface area contributed by atoms with Crippen LogP contribution < -0.4 is 15.6 Å². The summed E-state index contributed by atoms with van der Waals surface area (Å²) in [5.41, 5.74) is 12.4. The third kappa shape index (κ3) is 6.24. The summed E-state index contributed by atoms with van der Waals surface area (Å²) in [5, 5.41) is 8.89. The number of nitrogens with one attached hydrogen (secondary N) is 2. The van der Waals surface area contributed by atoms with Crippen LogP contribution in [0.1, 0.15) is 53.4 Å². The number of hydrogen-bond donors (Lipinski definition) is 3. The molecule has 0 bridgehead atoms. The fourth-order valence-corrected chi connectivity index (χ4v) is 5.81. The minimum absolute atomic E-state index is 0.133. The second kappa shape index (κ2) is 12.0. The van der Waals surface area contributed by atoms with E-state index in [0.717, 1.165) is 71.2 Å². The fraction of sp³-hybridized carbons (Fsp3) is 0.182. The zero-order valence-electron chi connectivity index (χ0n) is 23.7. The highest BCUT2D eigenvalue weighted by Crippen LogP contribution is 2.46. The monoisotopic (exact) mass is 612 g/mol. The number of allylic oxidation sites excluding steroid dienone is 1. The molecule has 3 N–H and O–H groups in total. The smallest absolute Gasteiger partial charge is 0.328 e. The van der Waals surface area contributed by atoms with Crippen molar-refractivity contribution in [2.24, 2.45) is 5.92 Å². The van der Waals surface area contributed by atoms with Crippen molar-refractivity contribution in [2.45, 2.75) is 30.6 Å². The average molecular weight is 613 g/mol. The Morgan fingerprint density at radius 2 is 1.68 bits per heavy atom. The lowest BCUT2D eigenvalue weighted by atomic mass is 9.73.